The first-order valence-electron chi connectivity index (χ1n) is 6.56. The van der Waals surface area contributed by atoms with E-state index in [2.05, 4.69) is 4.98 Å². The third-order valence-electron chi connectivity index (χ3n) is 3.50. The molecule has 2 N–H and O–H groups in total. The van der Waals surface area contributed by atoms with E-state index >= 15 is 0 Å². The molecule has 3 nitrogen and oxygen atoms in total. The molecule has 0 saturated carbocycles. The summed E-state index contributed by atoms with van der Waals surface area (Å²) in [4.78, 5) is 4.75. The summed E-state index contributed by atoms with van der Waals surface area (Å²) in [7, 11) is 0. The summed E-state index contributed by atoms with van der Waals surface area (Å²) in [6, 6.07) is 12.5. The molecular weight excluding hydrogens is 285 g/mol. The Morgan fingerprint density at radius 1 is 1.29 bits per heavy atom. The van der Waals surface area contributed by atoms with E-state index in [1.54, 1.807) is 12.1 Å². The number of rotatable bonds is 3. The van der Waals surface area contributed by atoms with Crippen LogP contribution in [0.3, 0.4) is 0 Å². The van der Waals surface area contributed by atoms with Crippen LogP contribution in [0, 0.1) is 12.7 Å². The van der Waals surface area contributed by atoms with Crippen molar-refractivity contribution in [3.05, 3.63) is 65.2 Å². The topological polar surface area (TPSA) is 43.8 Å². The van der Waals surface area contributed by atoms with Gasteiger partial charge in [-0.05, 0) is 37.3 Å². The molecule has 1 heterocycles. The molecule has 2 aromatic carbocycles. The summed E-state index contributed by atoms with van der Waals surface area (Å²) < 4.78 is 16.0. The molecule has 3 aromatic rings. The molecular formula is C16H14FN3S. The van der Waals surface area contributed by atoms with Crippen LogP contribution in [-0.4, -0.2) is 14.5 Å². The summed E-state index contributed by atoms with van der Waals surface area (Å²) >= 11 is 4.95. The SMILES string of the molecule is Cc1nc2ccccc2n1Cc1cc(C(N)=S)ccc1F. The maximum atomic E-state index is 14.0. The Morgan fingerprint density at radius 3 is 2.81 bits per heavy atom. The fraction of sp³-hybridized carbons (Fsp3) is 0.125. The number of nitrogens with zero attached hydrogens (tertiary/aromatic N) is 2. The molecule has 0 spiro atoms. The molecule has 0 atom stereocenters. The van der Waals surface area contributed by atoms with Gasteiger partial charge in [0.2, 0.25) is 0 Å². The lowest BCUT2D eigenvalue weighted by Crippen LogP contribution is -2.11. The average Bonchev–Trinajstić information content (AvgIpc) is 2.77. The van der Waals surface area contributed by atoms with Crippen molar-refractivity contribution in [3.63, 3.8) is 0 Å². The molecule has 0 bridgehead atoms. The smallest absolute Gasteiger partial charge is 0.128 e. The zero-order valence-electron chi connectivity index (χ0n) is 11.5. The summed E-state index contributed by atoms with van der Waals surface area (Å²) in [5, 5.41) is 0. The molecule has 21 heavy (non-hydrogen) atoms. The molecule has 3 rings (SSSR count). The van der Waals surface area contributed by atoms with Crippen LogP contribution in [0.1, 0.15) is 17.0 Å². The highest BCUT2D eigenvalue weighted by Gasteiger charge is 2.11. The Morgan fingerprint density at radius 2 is 2.05 bits per heavy atom. The second-order valence-corrected chi connectivity index (χ2v) is 5.34. The number of benzene rings is 2. The van der Waals surface area contributed by atoms with Crippen LogP contribution in [0.4, 0.5) is 4.39 Å². The van der Waals surface area contributed by atoms with E-state index in [0.717, 1.165) is 16.9 Å². The van der Waals surface area contributed by atoms with Crippen molar-refractivity contribution in [3.8, 4) is 0 Å². The Balaban J connectivity index is 2.08. The molecule has 106 valence electrons. The highest BCUT2D eigenvalue weighted by molar-refractivity contribution is 7.80. The van der Waals surface area contributed by atoms with Crippen molar-refractivity contribution in [1.29, 1.82) is 0 Å². The normalized spacial score (nSPS) is 11.0. The first-order chi connectivity index (χ1) is 10.1. The Hall–Kier alpha value is -2.27. The lowest BCUT2D eigenvalue weighted by atomic mass is 10.1. The zero-order chi connectivity index (χ0) is 15.0. The van der Waals surface area contributed by atoms with Gasteiger partial charge in [-0.1, -0.05) is 24.4 Å². The van der Waals surface area contributed by atoms with Gasteiger partial charge in [0.1, 0.15) is 16.6 Å². The van der Waals surface area contributed by atoms with Gasteiger partial charge in [-0.2, -0.15) is 0 Å². The minimum atomic E-state index is -0.271. The number of thiocarbonyl (C=S) groups is 1. The van der Waals surface area contributed by atoms with Crippen molar-refractivity contribution in [2.45, 2.75) is 13.5 Å². The van der Waals surface area contributed by atoms with Gasteiger partial charge >= 0.3 is 0 Å². The van der Waals surface area contributed by atoms with Crippen molar-refractivity contribution in [1.82, 2.24) is 9.55 Å². The van der Waals surface area contributed by atoms with Gasteiger partial charge in [0.05, 0.1) is 17.6 Å². The second kappa shape index (κ2) is 5.26. The average molecular weight is 299 g/mol. The number of imidazole rings is 1. The molecule has 0 aliphatic heterocycles. The van der Waals surface area contributed by atoms with Crippen LogP contribution >= 0.6 is 12.2 Å². The largest absolute Gasteiger partial charge is 0.389 e. The number of aromatic nitrogens is 2. The summed E-state index contributed by atoms with van der Waals surface area (Å²) in [5.41, 5.74) is 8.72. The number of fused-ring (bicyclic) bond motifs is 1. The summed E-state index contributed by atoms with van der Waals surface area (Å²) in [5.74, 6) is 0.573. The van der Waals surface area contributed by atoms with Gasteiger partial charge in [-0.15, -0.1) is 0 Å². The van der Waals surface area contributed by atoms with E-state index < -0.39 is 0 Å². The first-order valence-corrected chi connectivity index (χ1v) is 6.97. The van der Waals surface area contributed by atoms with Gasteiger partial charge in [0.25, 0.3) is 0 Å². The van der Waals surface area contributed by atoms with Crippen molar-refractivity contribution < 1.29 is 4.39 Å². The first kappa shape index (κ1) is 13.7. The molecule has 0 radical (unpaired) electrons. The molecule has 0 unspecified atom stereocenters. The summed E-state index contributed by atoms with van der Waals surface area (Å²) in [6.07, 6.45) is 0. The van der Waals surface area contributed by atoms with E-state index in [-0.39, 0.29) is 10.8 Å². The summed E-state index contributed by atoms with van der Waals surface area (Å²) in [6.45, 7) is 2.31. The van der Waals surface area contributed by atoms with Crippen molar-refractivity contribution in [2.75, 3.05) is 0 Å². The Kier molecular flexibility index (Phi) is 3.43. The molecule has 0 amide bonds. The van der Waals surface area contributed by atoms with Gasteiger partial charge in [0.15, 0.2) is 0 Å². The van der Waals surface area contributed by atoms with Crippen LogP contribution in [0.5, 0.6) is 0 Å². The maximum Gasteiger partial charge on any atom is 0.128 e. The van der Waals surface area contributed by atoms with E-state index in [0.29, 0.717) is 17.7 Å². The number of halogens is 1. The predicted molar refractivity (Wildman–Crippen MR) is 85.9 cm³/mol. The quantitative estimate of drug-likeness (QED) is 0.756. The number of aryl methyl sites for hydroxylation is 1. The van der Waals surface area contributed by atoms with E-state index in [1.807, 2.05) is 35.8 Å². The van der Waals surface area contributed by atoms with Gasteiger partial charge in [-0.3, -0.25) is 0 Å². The lowest BCUT2D eigenvalue weighted by Gasteiger charge is -2.10. The predicted octanol–water partition coefficient (Wildman–Crippen LogP) is 3.17. The highest BCUT2D eigenvalue weighted by Crippen LogP contribution is 2.19. The van der Waals surface area contributed by atoms with Gasteiger partial charge in [0, 0.05) is 11.1 Å². The molecule has 0 aliphatic rings. The van der Waals surface area contributed by atoms with Crippen LogP contribution in [0.2, 0.25) is 0 Å². The van der Waals surface area contributed by atoms with Crippen LogP contribution < -0.4 is 5.73 Å². The molecule has 0 saturated heterocycles. The fourth-order valence-electron chi connectivity index (χ4n) is 2.42. The standard InChI is InChI=1S/C16H14FN3S/c1-10-19-14-4-2-3-5-15(14)20(10)9-12-8-11(16(18)21)6-7-13(12)17/h2-8H,9H2,1H3,(H2,18,21). The maximum absolute atomic E-state index is 14.0. The number of para-hydroxylation sites is 2. The fourth-order valence-corrected chi connectivity index (χ4v) is 2.54. The van der Waals surface area contributed by atoms with Gasteiger partial charge < -0.3 is 10.3 Å². The van der Waals surface area contributed by atoms with Crippen molar-refractivity contribution in [2.24, 2.45) is 5.73 Å². The number of hydrogen-bond acceptors (Lipinski definition) is 2. The molecule has 0 fully saturated rings. The highest BCUT2D eigenvalue weighted by atomic mass is 32.1. The lowest BCUT2D eigenvalue weighted by molar-refractivity contribution is 0.599. The van der Waals surface area contributed by atoms with Crippen LogP contribution in [-0.2, 0) is 6.54 Å². The third-order valence-corrected chi connectivity index (χ3v) is 3.74. The minimum Gasteiger partial charge on any atom is -0.389 e. The molecule has 5 heteroatoms. The number of hydrogen-bond donors (Lipinski definition) is 1. The van der Waals surface area contributed by atoms with Crippen molar-refractivity contribution >= 4 is 28.2 Å². The van der Waals surface area contributed by atoms with E-state index in [4.69, 9.17) is 18.0 Å². The van der Waals surface area contributed by atoms with Gasteiger partial charge in [-0.25, -0.2) is 9.37 Å². The Bertz CT molecular complexity index is 839. The van der Waals surface area contributed by atoms with E-state index in [1.165, 1.54) is 6.07 Å². The number of nitrogens with two attached hydrogens (primary N) is 1. The van der Waals surface area contributed by atoms with Crippen LogP contribution in [0.25, 0.3) is 11.0 Å². The molecule has 1 aromatic heterocycles. The van der Waals surface area contributed by atoms with Crippen LogP contribution in [0.15, 0.2) is 42.5 Å². The minimum absolute atomic E-state index is 0.267. The Labute approximate surface area is 127 Å². The molecule has 0 aliphatic carbocycles. The monoisotopic (exact) mass is 299 g/mol. The third kappa shape index (κ3) is 2.52. The zero-order valence-corrected chi connectivity index (χ0v) is 12.3. The van der Waals surface area contributed by atoms with E-state index in [9.17, 15) is 4.39 Å². The second-order valence-electron chi connectivity index (χ2n) is 4.90.